The summed E-state index contributed by atoms with van der Waals surface area (Å²) < 4.78 is 6.68. The number of rotatable bonds is 2. The Hall–Kier alpha value is -2.76. The lowest BCUT2D eigenvalue weighted by Crippen LogP contribution is -1.91. The van der Waals surface area contributed by atoms with Gasteiger partial charge in [-0.3, -0.25) is 0 Å². The molecule has 0 bridgehead atoms. The average Bonchev–Trinajstić information content (AvgIpc) is 2.82. The largest absolute Gasteiger partial charge is 0.504 e. The van der Waals surface area contributed by atoms with Crippen LogP contribution in [-0.2, 0) is 0 Å². The van der Waals surface area contributed by atoms with Gasteiger partial charge in [0.1, 0.15) is 0 Å². The van der Waals surface area contributed by atoms with Gasteiger partial charge in [-0.15, -0.1) is 5.10 Å². The van der Waals surface area contributed by atoms with Crippen LogP contribution < -0.4 is 10.5 Å². The number of nitrogen functional groups attached to an aromatic ring is 1. The molecule has 6 heteroatoms. The van der Waals surface area contributed by atoms with Crippen LogP contribution in [0.25, 0.3) is 17.0 Å². The maximum atomic E-state index is 9.57. The number of anilines is 1. The van der Waals surface area contributed by atoms with E-state index in [4.69, 9.17) is 10.5 Å². The highest BCUT2D eigenvalue weighted by Crippen LogP contribution is 2.30. The fourth-order valence-corrected chi connectivity index (χ4v) is 1.84. The van der Waals surface area contributed by atoms with Crippen molar-refractivity contribution in [2.75, 3.05) is 12.8 Å². The lowest BCUT2D eigenvalue weighted by Gasteiger charge is -2.03. The predicted octanol–water partition coefficient (Wildman–Crippen LogP) is 1.69. The fourth-order valence-electron chi connectivity index (χ4n) is 1.84. The van der Waals surface area contributed by atoms with E-state index in [0.717, 1.165) is 5.56 Å². The molecule has 0 aliphatic rings. The van der Waals surface area contributed by atoms with Crippen molar-refractivity contribution in [1.29, 1.82) is 0 Å². The highest BCUT2D eigenvalue weighted by atomic mass is 16.5. The fraction of sp³-hybridized carbons (Fsp3) is 0.0769. The Labute approximate surface area is 109 Å². The number of benzene rings is 1. The minimum absolute atomic E-state index is 0.0826. The van der Waals surface area contributed by atoms with Crippen LogP contribution in [-0.4, -0.2) is 26.8 Å². The van der Waals surface area contributed by atoms with Crippen LogP contribution in [0.1, 0.15) is 0 Å². The molecule has 0 unspecified atom stereocenters. The van der Waals surface area contributed by atoms with Crippen molar-refractivity contribution in [3.8, 4) is 22.9 Å². The number of aromatic nitrogens is 3. The number of nitrogens with zero attached hydrogens (tertiary/aromatic N) is 3. The van der Waals surface area contributed by atoms with Gasteiger partial charge in [-0.25, -0.2) is 9.50 Å². The molecule has 3 aromatic rings. The van der Waals surface area contributed by atoms with Crippen LogP contribution in [0.15, 0.2) is 36.5 Å². The third kappa shape index (κ3) is 1.93. The molecule has 0 fully saturated rings. The van der Waals surface area contributed by atoms with Crippen LogP contribution >= 0.6 is 0 Å². The molecule has 19 heavy (non-hydrogen) atoms. The quantitative estimate of drug-likeness (QED) is 0.728. The molecular formula is C13H12N4O2. The third-order valence-corrected chi connectivity index (χ3v) is 2.79. The predicted molar refractivity (Wildman–Crippen MR) is 71.1 cm³/mol. The molecule has 3 N–H and O–H groups in total. The molecule has 0 radical (unpaired) electrons. The first-order valence-corrected chi connectivity index (χ1v) is 5.66. The molecule has 2 aromatic heterocycles. The molecule has 96 valence electrons. The zero-order chi connectivity index (χ0) is 13.4. The molecule has 0 atom stereocenters. The first-order valence-electron chi connectivity index (χ1n) is 5.66. The van der Waals surface area contributed by atoms with Gasteiger partial charge in [-0.05, 0) is 30.3 Å². The van der Waals surface area contributed by atoms with Crippen molar-refractivity contribution in [2.24, 2.45) is 0 Å². The van der Waals surface area contributed by atoms with E-state index in [1.54, 1.807) is 41.0 Å². The molecule has 2 heterocycles. The van der Waals surface area contributed by atoms with Gasteiger partial charge >= 0.3 is 0 Å². The van der Waals surface area contributed by atoms with Gasteiger partial charge < -0.3 is 15.6 Å². The van der Waals surface area contributed by atoms with Gasteiger partial charge in [-0.1, -0.05) is 0 Å². The number of phenolic OH excluding ortho intramolecular Hbond substituents is 1. The van der Waals surface area contributed by atoms with Crippen LogP contribution in [0.5, 0.6) is 11.5 Å². The van der Waals surface area contributed by atoms with E-state index in [0.29, 0.717) is 22.9 Å². The standard InChI is InChI=1S/C13H12N4O2/c1-19-11-6-8(2-4-10(11)18)13-15-12-5-3-9(14)7-17(12)16-13/h2-7,18H,14H2,1H3. The summed E-state index contributed by atoms with van der Waals surface area (Å²) in [4.78, 5) is 4.39. The number of aromatic hydroxyl groups is 1. The van der Waals surface area contributed by atoms with Crippen LogP contribution in [0.4, 0.5) is 5.69 Å². The number of hydrogen-bond acceptors (Lipinski definition) is 5. The first kappa shape index (κ1) is 11.3. The second-order valence-corrected chi connectivity index (χ2v) is 4.09. The van der Waals surface area contributed by atoms with E-state index in [2.05, 4.69) is 10.1 Å². The summed E-state index contributed by atoms with van der Waals surface area (Å²) in [6.45, 7) is 0. The zero-order valence-corrected chi connectivity index (χ0v) is 10.2. The lowest BCUT2D eigenvalue weighted by molar-refractivity contribution is 0.373. The average molecular weight is 256 g/mol. The van der Waals surface area contributed by atoms with Crippen LogP contribution in [0.2, 0.25) is 0 Å². The molecule has 0 aliphatic carbocycles. The molecule has 0 spiro atoms. The van der Waals surface area contributed by atoms with E-state index in [9.17, 15) is 5.11 Å². The second-order valence-electron chi connectivity index (χ2n) is 4.09. The van der Waals surface area contributed by atoms with Crippen molar-refractivity contribution in [3.05, 3.63) is 36.5 Å². The van der Waals surface area contributed by atoms with Gasteiger partial charge in [0, 0.05) is 5.56 Å². The smallest absolute Gasteiger partial charge is 0.182 e. The molecule has 1 aromatic carbocycles. The third-order valence-electron chi connectivity index (χ3n) is 2.79. The number of pyridine rings is 1. The summed E-state index contributed by atoms with van der Waals surface area (Å²) in [6.07, 6.45) is 1.70. The first-order chi connectivity index (χ1) is 9.17. The molecular weight excluding hydrogens is 244 g/mol. The SMILES string of the molecule is COc1cc(-c2nc3ccc(N)cn3n2)ccc1O. The summed E-state index contributed by atoms with van der Waals surface area (Å²) in [5.74, 6) is 1.01. The Kier molecular flexibility index (Phi) is 2.49. The van der Waals surface area contributed by atoms with E-state index in [-0.39, 0.29) is 5.75 Å². The van der Waals surface area contributed by atoms with Crippen molar-refractivity contribution in [2.45, 2.75) is 0 Å². The maximum absolute atomic E-state index is 9.57. The number of ether oxygens (including phenoxy) is 1. The molecule has 0 saturated carbocycles. The minimum atomic E-state index is 0.0826. The van der Waals surface area contributed by atoms with Crippen molar-refractivity contribution < 1.29 is 9.84 Å². The van der Waals surface area contributed by atoms with E-state index in [1.807, 2.05) is 0 Å². The minimum Gasteiger partial charge on any atom is -0.504 e. The van der Waals surface area contributed by atoms with Crippen LogP contribution in [0.3, 0.4) is 0 Å². The van der Waals surface area contributed by atoms with Gasteiger partial charge in [0.05, 0.1) is 19.0 Å². The van der Waals surface area contributed by atoms with E-state index >= 15 is 0 Å². The Balaban J connectivity index is 2.13. The van der Waals surface area contributed by atoms with Gasteiger partial charge in [0.2, 0.25) is 0 Å². The maximum Gasteiger partial charge on any atom is 0.182 e. The van der Waals surface area contributed by atoms with Crippen LogP contribution in [0, 0.1) is 0 Å². The normalized spacial score (nSPS) is 10.8. The highest BCUT2D eigenvalue weighted by molar-refractivity contribution is 5.63. The number of hydrogen-bond donors (Lipinski definition) is 2. The van der Waals surface area contributed by atoms with E-state index in [1.165, 1.54) is 7.11 Å². The number of nitrogens with two attached hydrogens (primary N) is 1. The van der Waals surface area contributed by atoms with Crippen molar-refractivity contribution in [3.63, 3.8) is 0 Å². The van der Waals surface area contributed by atoms with E-state index < -0.39 is 0 Å². The molecule has 0 amide bonds. The Morgan fingerprint density at radius 1 is 1.26 bits per heavy atom. The Morgan fingerprint density at radius 2 is 2.11 bits per heavy atom. The Bertz CT molecular complexity index is 751. The number of fused-ring (bicyclic) bond motifs is 1. The number of methoxy groups -OCH3 is 1. The summed E-state index contributed by atoms with van der Waals surface area (Å²) in [6, 6.07) is 8.53. The van der Waals surface area contributed by atoms with Gasteiger partial charge in [0.25, 0.3) is 0 Å². The number of phenols is 1. The van der Waals surface area contributed by atoms with Gasteiger partial charge in [-0.2, -0.15) is 0 Å². The highest BCUT2D eigenvalue weighted by Gasteiger charge is 2.09. The molecule has 0 aliphatic heterocycles. The summed E-state index contributed by atoms with van der Waals surface area (Å²) in [5.41, 5.74) is 7.78. The van der Waals surface area contributed by atoms with Crippen molar-refractivity contribution >= 4 is 11.3 Å². The monoisotopic (exact) mass is 256 g/mol. The molecule has 0 saturated heterocycles. The second kappa shape index (κ2) is 4.16. The van der Waals surface area contributed by atoms with Gasteiger partial charge in [0.15, 0.2) is 23.0 Å². The summed E-state index contributed by atoms with van der Waals surface area (Å²) in [5, 5.41) is 13.9. The van der Waals surface area contributed by atoms with Crippen molar-refractivity contribution in [1.82, 2.24) is 14.6 Å². The molecule has 3 rings (SSSR count). The Morgan fingerprint density at radius 3 is 2.89 bits per heavy atom. The summed E-state index contributed by atoms with van der Waals surface area (Å²) in [7, 11) is 1.50. The molecule has 6 nitrogen and oxygen atoms in total. The topological polar surface area (TPSA) is 85.7 Å². The summed E-state index contributed by atoms with van der Waals surface area (Å²) >= 11 is 0. The zero-order valence-electron chi connectivity index (χ0n) is 10.2. The lowest BCUT2D eigenvalue weighted by atomic mass is 10.2.